The molecular formula is C14H23Cl2N3S. The average Bonchev–Trinajstić information content (AvgIpc) is 3.02. The molecule has 4 rings (SSSR count). The Morgan fingerprint density at radius 1 is 1.15 bits per heavy atom. The molecule has 0 amide bonds. The van der Waals surface area contributed by atoms with Gasteiger partial charge in [0.25, 0.3) is 0 Å². The predicted octanol–water partition coefficient (Wildman–Crippen LogP) is 2.79. The summed E-state index contributed by atoms with van der Waals surface area (Å²) in [7, 11) is 0. The lowest BCUT2D eigenvalue weighted by atomic mass is 9.82. The number of nitrogens with one attached hydrogen (secondary N) is 1. The van der Waals surface area contributed by atoms with E-state index in [0.29, 0.717) is 0 Å². The van der Waals surface area contributed by atoms with Crippen LogP contribution in [0.3, 0.4) is 0 Å². The second-order valence-electron chi connectivity index (χ2n) is 6.11. The van der Waals surface area contributed by atoms with Crippen LogP contribution in [0.15, 0.2) is 0 Å². The van der Waals surface area contributed by atoms with Gasteiger partial charge in [-0.3, -0.25) is 4.90 Å². The topological polar surface area (TPSA) is 28.2 Å². The van der Waals surface area contributed by atoms with E-state index in [2.05, 4.69) is 24.1 Å². The van der Waals surface area contributed by atoms with Gasteiger partial charge in [0.05, 0.1) is 10.7 Å². The van der Waals surface area contributed by atoms with Crippen molar-refractivity contribution in [3.63, 3.8) is 0 Å². The summed E-state index contributed by atoms with van der Waals surface area (Å²) in [5.41, 5.74) is 1.34. The Morgan fingerprint density at radius 2 is 1.75 bits per heavy atom. The molecule has 0 radical (unpaired) electrons. The van der Waals surface area contributed by atoms with Crippen molar-refractivity contribution in [2.75, 3.05) is 13.1 Å². The van der Waals surface area contributed by atoms with Crippen molar-refractivity contribution in [3.8, 4) is 0 Å². The molecule has 1 N–H and O–H groups in total. The summed E-state index contributed by atoms with van der Waals surface area (Å²) in [5, 5.41) is 4.80. The summed E-state index contributed by atoms with van der Waals surface area (Å²) in [5.74, 6) is 1.84. The zero-order chi connectivity index (χ0) is 12.3. The molecule has 3 saturated heterocycles. The highest BCUT2D eigenvalue weighted by Crippen LogP contribution is 2.47. The molecular weight excluding hydrogens is 313 g/mol. The monoisotopic (exact) mass is 335 g/mol. The normalized spacial score (nSPS) is 34.7. The average molecular weight is 336 g/mol. The van der Waals surface area contributed by atoms with Gasteiger partial charge in [-0.1, -0.05) is 0 Å². The number of fused-ring (bicyclic) bond motifs is 5. The van der Waals surface area contributed by atoms with Gasteiger partial charge in [-0.05, 0) is 51.6 Å². The van der Waals surface area contributed by atoms with E-state index in [9.17, 15) is 0 Å². The van der Waals surface area contributed by atoms with E-state index in [4.69, 9.17) is 4.98 Å². The highest BCUT2D eigenvalue weighted by atomic mass is 35.5. The molecule has 0 aliphatic carbocycles. The fourth-order valence-electron chi connectivity index (χ4n) is 4.53. The molecule has 0 spiro atoms. The second kappa shape index (κ2) is 6.09. The number of hydrogen-bond donors (Lipinski definition) is 1. The standard InChI is InChI=1S/C14H21N3S.2ClH/c1-8-12(16-9(2)18-8)7-17-13-3-4-14(17)11-6-15-5-10(11)13;;/h10-11,13-15H,3-7H2,1-2H3;2*1H/t10-,11+,13-,14+;;. The smallest absolute Gasteiger partial charge is 0.0900 e. The van der Waals surface area contributed by atoms with Gasteiger partial charge >= 0.3 is 0 Å². The SMILES string of the molecule is Cc1nc(CN2[C@@H]3CC[C@H]2[C@H]2CNC[C@H]23)c(C)s1.Cl.Cl. The maximum Gasteiger partial charge on any atom is 0.0900 e. The molecule has 0 aromatic carbocycles. The van der Waals surface area contributed by atoms with E-state index in [0.717, 1.165) is 30.5 Å². The van der Waals surface area contributed by atoms with E-state index < -0.39 is 0 Å². The largest absolute Gasteiger partial charge is 0.316 e. The number of thiazole rings is 1. The molecule has 20 heavy (non-hydrogen) atoms. The minimum Gasteiger partial charge on any atom is -0.316 e. The van der Waals surface area contributed by atoms with Gasteiger partial charge < -0.3 is 5.32 Å². The van der Waals surface area contributed by atoms with Crippen LogP contribution in [0, 0.1) is 25.7 Å². The molecule has 3 aliphatic rings. The Kier molecular flexibility index (Phi) is 5.02. The Balaban J connectivity index is 0.000000735. The summed E-state index contributed by atoms with van der Waals surface area (Å²) in [6.07, 6.45) is 2.82. The molecule has 0 unspecified atom stereocenters. The molecule has 0 saturated carbocycles. The van der Waals surface area contributed by atoms with Gasteiger partial charge in [0.2, 0.25) is 0 Å². The van der Waals surface area contributed by atoms with Crippen LogP contribution in [0.25, 0.3) is 0 Å². The number of aryl methyl sites for hydroxylation is 2. The lowest BCUT2D eigenvalue weighted by Gasteiger charge is -2.23. The lowest BCUT2D eigenvalue weighted by molar-refractivity contribution is 0.216. The van der Waals surface area contributed by atoms with Crippen molar-refractivity contribution >= 4 is 36.2 Å². The molecule has 4 heterocycles. The molecule has 114 valence electrons. The van der Waals surface area contributed by atoms with Gasteiger partial charge in [-0.2, -0.15) is 0 Å². The number of hydrogen-bond acceptors (Lipinski definition) is 4. The maximum atomic E-state index is 4.73. The first-order valence-electron chi connectivity index (χ1n) is 7.13. The molecule has 1 aromatic rings. The molecule has 4 atom stereocenters. The third-order valence-electron chi connectivity index (χ3n) is 5.24. The predicted molar refractivity (Wildman–Crippen MR) is 88.3 cm³/mol. The van der Waals surface area contributed by atoms with Crippen LogP contribution < -0.4 is 5.32 Å². The quantitative estimate of drug-likeness (QED) is 0.900. The van der Waals surface area contributed by atoms with Crippen LogP contribution in [0.5, 0.6) is 0 Å². The Hall–Kier alpha value is 0.130. The van der Waals surface area contributed by atoms with Crippen molar-refractivity contribution in [2.45, 2.75) is 45.3 Å². The van der Waals surface area contributed by atoms with Gasteiger partial charge in [0.15, 0.2) is 0 Å². The van der Waals surface area contributed by atoms with Gasteiger partial charge in [-0.15, -0.1) is 36.2 Å². The van der Waals surface area contributed by atoms with Crippen LogP contribution >= 0.6 is 36.2 Å². The Bertz CT molecular complexity index is 461. The van der Waals surface area contributed by atoms with E-state index in [1.807, 2.05) is 11.3 Å². The highest BCUT2D eigenvalue weighted by molar-refractivity contribution is 7.11. The Labute approximate surface area is 137 Å². The van der Waals surface area contributed by atoms with Gasteiger partial charge in [-0.25, -0.2) is 4.98 Å². The summed E-state index contributed by atoms with van der Waals surface area (Å²) in [6, 6.07) is 1.66. The summed E-state index contributed by atoms with van der Waals surface area (Å²) in [6.45, 7) is 7.94. The van der Waals surface area contributed by atoms with Crippen LogP contribution in [-0.4, -0.2) is 35.1 Å². The summed E-state index contributed by atoms with van der Waals surface area (Å²) >= 11 is 1.85. The van der Waals surface area contributed by atoms with Crippen LogP contribution in [0.1, 0.15) is 28.4 Å². The van der Waals surface area contributed by atoms with Crippen LogP contribution in [-0.2, 0) is 6.54 Å². The highest BCUT2D eigenvalue weighted by Gasteiger charge is 2.54. The first-order valence-corrected chi connectivity index (χ1v) is 7.95. The number of rotatable bonds is 2. The zero-order valence-corrected chi connectivity index (χ0v) is 14.4. The van der Waals surface area contributed by atoms with Crippen molar-refractivity contribution in [2.24, 2.45) is 11.8 Å². The number of nitrogens with zero attached hydrogens (tertiary/aromatic N) is 2. The Morgan fingerprint density at radius 3 is 2.25 bits per heavy atom. The van der Waals surface area contributed by atoms with Crippen LogP contribution in [0.4, 0.5) is 0 Å². The zero-order valence-electron chi connectivity index (χ0n) is 12.0. The molecule has 1 aromatic heterocycles. The van der Waals surface area contributed by atoms with Crippen molar-refractivity contribution in [1.82, 2.24) is 15.2 Å². The van der Waals surface area contributed by atoms with Crippen LogP contribution in [0.2, 0.25) is 0 Å². The van der Waals surface area contributed by atoms with Crippen molar-refractivity contribution < 1.29 is 0 Å². The first-order chi connectivity index (χ1) is 8.74. The van der Waals surface area contributed by atoms with Gasteiger partial charge in [0, 0.05) is 23.5 Å². The molecule has 2 bridgehead atoms. The van der Waals surface area contributed by atoms with Crippen molar-refractivity contribution in [1.29, 1.82) is 0 Å². The first kappa shape index (κ1) is 16.5. The maximum absolute atomic E-state index is 4.73. The van der Waals surface area contributed by atoms with E-state index >= 15 is 0 Å². The summed E-state index contributed by atoms with van der Waals surface area (Å²) < 4.78 is 0. The van der Waals surface area contributed by atoms with E-state index in [1.165, 1.54) is 41.5 Å². The minimum atomic E-state index is 0. The number of halogens is 2. The summed E-state index contributed by atoms with van der Waals surface area (Å²) in [4.78, 5) is 8.92. The van der Waals surface area contributed by atoms with Crippen molar-refractivity contribution in [3.05, 3.63) is 15.6 Å². The van der Waals surface area contributed by atoms with E-state index in [1.54, 1.807) is 0 Å². The minimum absolute atomic E-state index is 0. The van der Waals surface area contributed by atoms with E-state index in [-0.39, 0.29) is 24.8 Å². The van der Waals surface area contributed by atoms with Gasteiger partial charge in [0.1, 0.15) is 0 Å². The number of aromatic nitrogens is 1. The third-order valence-corrected chi connectivity index (χ3v) is 6.17. The third kappa shape index (κ3) is 2.40. The molecule has 3 nitrogen and oxygen atoms in total. The molecule has 3 fully saturated rings. The second-order valence-corrected chi connectivity index (χ2v) is 7.51. The fourth-order valence-corrected chi connectivity index (χ4v) is 5.35. The fraction of sp³-hybridized carbons (Fsp3) is 0.786. The lowest BCUT2D eigenvalue weighted by Crippen LogP contribution is -2.34. The molecule has 6 heteroatoms. The molecule has 3 aliphatic heterocycles.